The number of carbonyl (C=O) groups is 1. The summed E-state index contributed by atoms with van der Waals surface area (Å²) in [6.07, 6.45) is 8.83. The molecule has 3 nitrogen and oxygen atoms in total. The number of rotatable bonds is 5. The van der Waals surface area contributed by atoms with Gasteiger partial charge < -0.3 is 10.2 Å². The van der Waals surface area contributed by atoms with Crippen LogP contribution in [0.1, 0.15) is 58.8 Å². The highest BCUT2D eigenvalue weighted by Crippen LogP contribution is 2.49. The summed E-state index contributed by atoms with van der Waals surface area (Å²) >= 11 is 0. The van der Waals surface area contributed by atoms with Gasteiger partial charge in [0.25, 0.3) is 0 Å². The van der Waals surface area contributed by atoms with E-state index in [4.69, 9.17) is 0 Å². The van der Waals surface area contributed by atoms with E-state index in [0.717, 1.165) is 37.9 Å². The zero-order chi connectivity index (χ0) is 14.8. The van der Waals surface area contributed by atoms with Crippen LogP contribution in [0.4, 0.5) is 0 Å². The second-order valence-corrected chi connectivity index (χ2v) is 7.97. The van der Waals surface area contributed by atoms with E-state index in [2.05, 4.69) is 24.1 Å². The van der Waals surface area contributed by atoms with E-state index in [1.165, 1.54) is 38.5 Å². The first-order valence-corrected chi connectivity index (χ1v) is 9.13. The first-order chi connectivity index (χ1) is 10.1. The molecule has 1 saturated heterocycles. The highest BCUT2D eigenvalue weighted by atomic mass is 16.2. The molecule has 1 heterocycles. The molecule has 1 amide bonds. The van der Waals surface area contributed by atoms with E-state index >= 15 is 0 Å². The molecule has 0 spiro atoms. The lowest BCUT2D eigenvalue weighted by Crippen LogP contribution is -2.43. The molecule has 120 valence electrons. The van der Waals surface area contributed by atoms with Crippen LogP contribution in [0, 0.1) is 23.7 Å². The van der Waals surface area contributed by atoms with Gasteiger partial charge in [-0.15, -0.1) is 0 Å². The fraction of sp³-hybridized carbons (Fsp3) is 0.944. The summed E-state index contributed by atoms with van der Waals surface area (Å²) in [5, 5.41) is 3.42. The van der Waals surface area contributed by atoms with Gasteiger partial charge in [-0.1, -0.05) is 6.42 Å². The number of fused-ring (bicyclic) bond motifs is 2. The van der Waals surface area contributed by atoms with Crippen molar-refractivity contribution in [3.05, 3.63) is 0 Å². The second-order valence-electron chi connectivity index (χ2n) is 7.97. The summed E-state index contributed by atoms with van der Waals surface area (Å²) in [6, 6.07) is 0.353. The first-order valence-electron chi connectivity index (χ1n) is 9.13. The Balaban J connectivity index is 1.54. The van der Waals surface area contributed by atoms with Gasteiger partial charge in [0, 0.05) is 19.0 Å². The molecule has 0 aromatic carbocycles. The van der Waals surface area contributed by atoms with Gasteiger partial charge >= 0.3 is 0 Å². The third-order valence-corrected chi connectivity index (χ3v) is 6.18. The Hall–Kier alpha value is -0.570. The van der Waals surface area contributed by atoms with Crippen molar-refractivity contribution in [2.45, 2.75) is 64.8 Å². The number of nitrogens with zero attached hydrogens (tertiary/aromatic N) is 1. The van der Waals surface area contributed by atoms with Gasteiger partial charge in [0.15, 0.2) is 0 Å². The van der Waals surface area contributed by atoms with Crippen molar-refractivity contribution in [2.75, 3.05) is 19.6 Å². The third-order valence-electron chi connectivity index (χ3n) is 6.18. The van der Waals surface area contributed by atoms with Crippen molar-refractivity contribution in [2.24, 2.45) is 23.7 Å². The third kappa shape index (κ3) is 3.61. The summed E-state index contributed by atoms with van der Waals surface area (Å²) in [5.41, 5.74) is 0. The second kappa shape index (κ2) is 6.68. The summed E-state index contributed by atoms with van der Waals surface area (Å²) < 4.78 is 0. The fourth-order valence-corrected chi connectivity index (χ4v) is 4.91. The predicted octanol–water partition coefficient (Wildman–Crippen LogP) is 3.05. The summed E-state index contributed by atoms with van der Waals surface area (Å²) in [6.45, 7) is 7.59. The molecule has 3 unspecified atom stereocenters. The molecular formula is C18H32N2O. The highest BCUT2D eigenvalue weighted by molar-refractivity contribution is 5.76. The molecule has 3 rings (SSSR count). The zero-order valence-corrected chi connectivity index (χ0v) is 13.8. The maximum Gasteiger partial charge on any atom is 0.223 e. The molecule has 1 N–H and O–H groups in total. The van der Waals surface area contributed by atoms with Crippen LogP contribution in [-0.4, -0.2) is 36.5 Å². The Morgan fingerprint density at radius 1 is 1.14 bits per heavy atom. The highest BCUT2D eigenvalue weighted by Gasteiger charge is 2.40. The molecule has 3 fully saturated rings. The Labute approximate surface area is 129 Å². The van der Waals surface area contributed by atoms with Gasteiger partial charge in [0.1, 0.15) is 0 Å². The average molecular weight is 292 g/mol. The van der Waals surface area contributed by atoms with Crippen molar-refractivity contribution in [3.63, 3.8) is 0 Å². The quantitative estimate of drug-likeness (QED) is 0.844. The van der Waals surface area contributed by atoms with Crippen molar-refractivity contribution >= 4 is 5.91 Å². The van der Waals surface area contributed by atoms with Gasteiger partial charge in [0.2, 0.25) is 5.91 Å². The van der Waals surface area contributed by atoms with Crippen LogP contribution < -0.4 is 5.32 Å². The smallest absolute Gasteiger partial charge is 0.223 e. The van der Waals surface area contributed by atoms with Crippen LogP contribution in [0.15, 0.2) is 0 Å². The number of piperidine rings is 1. The van der Waals surface area contributed by atoms with Gasteiger partial charge in [-0.3, -0.25) is 4.79 Å². The topological polar surface area (TPSA) is 32.3 Å². The normalized spacial score (nSPS) is 32.8. The summed E-state index contributed by atoms with van der Waals surface area (Å²) in [5.74, 6) is 3.65. The van der Waals surface area contributed by atoms with Crippen LogP contribution in [0.25, 0.3) is 0 Å². The van der Waals surface area contributed by atoms with E-state index in [1.54, 1.807) is 0 Å². The molecule has 3 heteroatoms. The van der Waals surface area contributed by atoms with E-state index in [-0.39, 0.29) is 0 Å². The average Bonchev–Trinajstić information content (AvgIpc) is 3.08. The summed E-state index contributed by atoms with van der Waals surface area (Å²) in [7, 11) is 0. The Morgan fingerprint density at radius 3 is 2.48 bits per heavy atom. The minimum atomic E-state index is 0.353. The lowest BCUT2D eigenvalue weighted by molar-refractivity contribution is -0.135. The maximum absolute atomic E-state index is 12.8. The van der Waals surface area contributed by atoms with Crippen LogP contribution in [0.3, 0.4) is 0 Å². The standard InChI is InChI=1S/C18H32N2O/c1-13(2)20(12-14-5-7-19-8-6-14)18(21)11-17-10-15-3-4-16(17)9-15/h13-17,19H,3-12H2,1-2H3. The predicted molar refractivity (Wildman–Crippen MR) is 86.0 cm³/mol. The maximum atomic E-state index is 12.8. The molecule has 0 aromatic heterocycles. The molecule has 0 radical (unpaired) electrons. The van der Waals surface area contributed by atoms with E-state index in [9.17, 15) is 4.79 Å². The minimum Gasteiger partial charge on any atom is -0.340 e. The lowest BCUT2D eigenvalue weighted by Gasteiger charge is -2.34. The fourth-order valence-electron chi connectivity index (χ4n) is 4.91. The lowest BCUT2D eigenvalue weighted by atomic mass is 9.86. The number of amides is 1. The molecule has 3 atom stereocenters. The van der Waals surface area contributed by atoms with Crippen LogP contribution >= 0.6 is 0 Å². The Bertz CT molecular complexity index is 362. The zero-order valence-electron chi connectivity index (χ0n) is 13.8. The van der Waals surface area contributed by atoms with Crippen molar-refractivity contribution < 1.29 is 4.79 Å². The SMILES string of the molecule is CC(C)N(CC1CCNCC1)C(=O)CC1CC2CCC1C2. The largest absolute Gasteiger partial charge is 0.340 e. The van der Waals surface area contributed by atoms with Crippen LogP contribution in [-0.2, 0) is 4.79 Å². The van der Waals surface area contributed by atoms with E-state index in [1.807, 2.05) is 0 Å². The molecular weight excluding hydrogens is 260 g/mol. The van der Waals surface area contributed by atoms with Gasteiger partial charge in [0.05, 0.1) is 0 Å². The van der Waals surface area contributed by atoms with Crippen molar-refractivity contribution in [3.8, 4) is 0 Å². The minimum absolute atomic E-state index is 0.353. The number of nitrogens with one attached hydrogen (secondary N) is 1. The Morgan fingerprint density at radius 2 is 1.90 bits per heavy atom. The number of carbonyl (C=O) groups excluding carboxylic acids is 1. The van der Waals surface area contributed by atoms with Gasteiger partial charge in [-0.2, -0.15) is 0 Å². The van der Waals surface area contributed by atoms with Gasteiger partial charge in [-0.25, -0.2) is 0 Å². The van der Waals surface area contributed by atoms with Crippen molar-refractivity contribution in [1.82, 2.24) is 10.2 Å². The molecule has 0 aromatic rings. The molecule has 2 saturated carbocycles. The molecule has 2 bridgehead atoms. The van der Waals surface area contributed by atoms with E-state index < -0.39 is 0 Å². The van der Waals surface area contributed by atoms with E-state index in [0.29, 0.717) is 23.8 Å². The van der Waals surface area contributed by atoms with Crippen LogP contribution in [0.5, 0.6) is 0 Å². The number of hydrogen-bond donors (Lipinski definition) is 1. The van der Waals surface area contributed by atoms with Gasteiger partial charge in [-0.05, 0) is 82.7 Å². The van der Waals surface area contributed by atoms with Crippen LogP contribution in [0.2, 0.25) is 0 Å². The molecule has 3 aliphatic rings. The van der Waals surface area contributed by atoms with Crippen molar-refractivity contribution in [1.29, 1.82) is 0 Å². The summed E-state index contributed by atoms with van der Waals surface area (Å²) in [4.78, 5) is 15.0. The monoisotopic (exact) mass is 292 g/mol. The first kappa shape index (κ1) is 15.3. The molecule has 21 heavy (non-hydrogen) atoms. The molecule has 2 aliphatic carbocycles. The molecule has 1 aliphatic heterocycles. The number of hydrogen-bond acceptors (Lipinski definition) is 2. The Kier molecular flexibility index (Phi) is 4.88.